The molecule has 6 nitrogen and oxygen atoms in total. The van der Waals surface area contributed by atoms with Crippen LogP contribution in [0.3, 0.4) is 0 Å². The molecule has 7 heteroatoms. The highest BCUT2D eigenvalue weighted by atomic mass is 32.2. The molecule has 3 rings (SSSR count). The predicted octanol–water partition coefficient (Wildman–Crippen LogP) is 5.20. The molecule has 1 amide bonds. The molecule has 0 bridgehead atoms. The Morgan fingerprint density at radius 3 is 2.72 bits per heavy atom. The highest BCUT2D eigenvalue weighted by Gasteiger charge is 2.11. The lowest BCUT2D eigenvalue weighted by Crippen LogP contribution is -2.14. The molecule has 0 unspecified atom stereocenters. The van der Waals surface area contributed by atoms with Crippen LogP contribution in [0.15, 0.2) is 58.2 Å². The van der Waals surface area contributed by atoms with Crippen molar-refractivity contribution in [2.75, 3.05) is 11.1 Å². The van der Waals surface area contributed by atoms with Crippen LogP contribution in [-0.2, 0) is 11.4 Å². The molecular weight excluding hydrogens is 386 g/mol. The van der Waals surface area contributed by atoms with Crippen LogP contribution < -0.4 is 10.1 Å². The van der Waals surface area contributed by atoms with Crippen molar-refractivity contribution >= 4 is 23.4 Å². The summed E-state index contributed by atoms with van der Waals surface area (Å²) in [5.74, 6) is 1.69. The summed E-state index contributed by atoms with van der Waals surface area (Å²) in [7, 11) is 0. The van der Waals surface area contributed by atoms with E-state index in [1.807, 2.05) is 43.3 Å². The number of hydrogen-bond donors (Lipinski definition) is 1. The van der Waals surface area contributed by atoms with Crippen molar-refractivity contribution in [1.82, 2.24) is 10.2 Å². The number of carbonyl (C=O) groups is 1. The quantitative estimate of drug-likeness (QED) is 0.488. The highest BCUT2D eigenvalue weighted by molar-refractivity contribution is 7.99. The number of aromatic nitrogens is 2. The maximum Gasteiger partial charge on any atom is 0.277 e. The first-order valence-corrected chi connectivity index (χ1v) is 10.6. The van der Waals surface area contributed by atoms with E-state index in [1.165, 1.54) is 17.3 Å². The summed E-state index contributed by atoms with van der Waals surface area (Å²) < 4.78 is 11.2. The number of nitrogens with zero attached hydrogens (tertiary/aromatic N) is 2. The number of thioether (sulfide) groups is 1. The molecule has 0 aliphatic heterocycles. The fraction of sp³-hybridized carbons (Fsp3) is 0.318. The Hall–Kier alpha value is -2.80. The van der Waals surface area contributed by atoms with Crippen LogP contribution >= 0.6 is 11.8 Å². The molecule has 3 aromatic rings. The first-order valence-electron chi connectivity index (χ1n) is 9.58. The molecule has 0 spiro atoms. The molecule has 1 atom stereocenters. The lowest BCUT2D eigenvalue weighted by molar-refractivity contribution is -0.113. The molecule has 1 N–H and O–H groups in total. The van der Waals surface area contributed by atoms with Gasteiger partial charge in [0.25, 0.3) is 11.1 Å². The fourth-order valence-corrected chi connectivity index (χ4v) is 3.24. The van der Waals surface area contributed by atoms with E-state index in [1.54, 1.807) is 0 Å². The number of ether oxygens (including phenoxy) is 1. The molecule has 29 heavy (non-hydrogen) atoms. The molecule has 0 aliphatic rings. The molecule has 2 aromatic carbocycles. The first kappa shape index (κ1) is 20.9. The highest BCUT2D eigenvalue weighted by Crippen LogP contribution is 2.21. The Kier molecular flexibility index (Phi) is 7.30. The molecule has 0 saturated heterocycles. The van der Waals surface area contributed by atoms with Crippen molar-refractivity contribution in [2.45, 2.75) is 44.9 Å². The van der Waals surface area contributed by atoms with Crippen molar-refractivity contribution in [3.63, 3.8) is 0 Å². The minimum Gasteiger partial charge on any atom is -0.484 e. The van der Waals surface area contributed by atoms with E-state index in [0.29, 0.717) is 17.0 Å². The van der Waals surface area contributed by atoms with E-state index < -0.39 is 0 Å². The Morgan fingerprint density at radius 1 is 1.21 bits per heavy atom. The summed E-state index contributed by atoms with van der Waals surface area (Å²) >= 11 is 1.20. The lowest BCUT2D eigenvalue weighted by Gasteiger charge is -2.10. The summed E-state index contributed by atoms with van der Waals surface area (Å²) in [5, 5.41) is 11.1. The van der Waals surface area contributed by atoms with Gasteiger partial charge in [0.05, 0.1) is 5.75 Å². The summed E-state index contributed by atoms with van der Waals surface area (Å²) in [6.07, 6.45) is 1.09. The Labute approximate surface area is 175 Å². The third kappa shape index (κ3) is 6.35. The first-order chi connectivity index (χ1) is 14.0. The maximum absolute atomic E-state index is 12.2. The third-order valence-corrected chi connectivity index (χ3v) is 5.32. The molecule has 0 aliphatic carbocycles. The molecule has 1 aromatic heterocycles. The van der Waals surface area contributed by atoms with Crippen molar-refractivity contribution in [3.8, 4) is 5.75 Å². The molecule has 0 radical (unpaired) electrons. The second-order valence-corrected chi connectivity index (χ2v) is 7.76. The molecular formula is C22H25N3O3S. The number of aryl methyl sites for hydroxylation is 1. The SMILES string of the molecule is CC[C@H](C)c1ccc(NC(=O)CSc2nnc(COc3cccc(C)c3)o2)cc1. The number of benzene rings is 2. The Morgan fingerprint density at radius 2 is 2.00 bits per heavy atom. The summed E-state index contributed by atoms with van der Waals surface area (Å²) in [4.78, 5) is 12.2. The summed E-state index contributed by atoms with van der Waals surface area (Å²) in [6, 6.07) is 15.7. The van der Waals surface area contributed by atoms with Crippen LogP contribution in [0.2, 0.25) is 0 Å². The van der Waals surface area contributed by atoms with Gasteiger partial charge in [-0.15, -0.1) is 10.2 Å². The van der Waals surface area contributed by atoms with Gasteiger partial charge in [-0.05, 0) is 54.7 Å². The average Bonchev–Trinajstić information content (AvgIpc) is 3.19. The van der Waals surface area contributed by atoms with Crippen LogP contribution in [0.5, 0.6) is 5.75 Å². The van der Waals surface area contributed by atoms with Crippen LogP contribution in [-0.4, -0.2) is 21.9 Å². The summed E-state index contributed by atoms with van der Waals surface area (Å²) in [5.41, 5.74) is 3.16. The topological polar surface area (TPSA) is 77.2 Å². The standard InChI is InChI=1S/C22H25N3O3S/c1-4-16(3)17-8-10-18(11-9-17)23-20(26)14-29-22-25-24-21(28-22)13-27-19-7-5-6-15(2)12-19/h5-12,16H,4,13-14H2,1-3H3,(H,23,26)/t16-/m0/s1. The van der Waals surface area contributed by atoms with E-state index in [-0.39, 0.29) is 18.3 Å². The van der Waals surface area contributed by atoms with E-state index in [0.717, 1.165) is 23.4 Å². The number of anilines is 1. The van der Waals surface area contributed by atoms with Crippen LogP contribution in [0, 0.1) is 6.92 Å². The van der Waals surface area contributed by atoms with Crippen molar-refractivity contribution in [1.29, 1.82) is 0 Å². The van der Waals surface area contributed by atoms with Gasteiger partial charge >= 0.3 is 0 Å². The predicted molar refractivity (Wildman–Crippen MR) is 114 cm³/mol. The van der Waals surface area contributed by atoms with E-state index >= 15 is 0 Å². The Bertz CT molecular complexity index is 940. The zero-order valence-corrected chi connectivity index (χ0v) is 17.7. The van der Waals surface area contributed by atoms with Gasteiger partial charge in [0.15, 0.2) is 6.61 Å². The minimum atomic E-state index is -0.123. The third-order valence-electron chi connectivity index (χ3n) is 4.50. The zero-order chi connectivity index (χ0) is 20.6. The minimum absolute atomic E-state index is 0.123. The van der Waals surface area contributed by atoms with Gasteiger partial charge in [-0.25, -0.2) is 0 Å². The number of carbonyl (C=O) groups excluding carboxylic acids is 1. The monoisotopic (exact) mass is 411 g/mol. The van der Waals surface area contributed by atoms with Gasteiger partial charge in [-0.3, -0.25) is 4.79 Å². The molecule has 152 valence electrons. The van der Waals surface area contributed by atoms with Crippen molar-refractivity contribution in [2.24, 2.45) is 0 Å². The largest absolute Gasteiger partial charge is 0.484 e. The van der Waals surface area contributed by atoms with Crippen LogP contribution in [0.25, 0.3) is 0 Å². The smallest absolute Gasteiger partial charge is 0.277 e. The van der Waals surface area contributed by atoms with Gasteiger partial charge in [-0.1, -0.05) is 49.9 Å². The molecule has 1 heterocycles. The van der Waals surface area contributed by atoms with Crippen molar-refractivity contribution < 1.29 is 13.9 Å². The second-order valence-electron chi connectivity index (χ2n) is 6.84. The van der Waals surface area contributed by atoms with Gasteiger partial charge in [-0.2, -0.15) is 0 Å². The van der Waals surface area contributed by atoms with Crippen molar-refractivity contribution in [3.05, 3.63) is 65.5 Å². The van der Waals surface area contributed by atoms with E-state index in [9.17, 15) is 4.79 Å². The normalized spacial score (nSPS) is 11.8. The number of rotatable bonds is 9. The number of amides is 1. The van der Waals surface area contributed by atoms with Gasteiger partial charge < -0.3 is 14.5 Å². The Balaban J connectivity index is 1.44. The average molecular weight is 412 g/mol. The lowest BCUT2D eigenvalue weighted by atomic mass is 9.99. The van der Waals surface area contributed by atoms with Gasteiger partial charge in [0.2, 0.25) is 5.91 Å². The second kappa shape index (κ2) is 10.1. The van der Waals surface area contributed by atoms with Gasteiger partial charge in [0, 0.05) is 5.69 Å². The van der Waals surface area contributed by atoms with Crippen LogP contribution in [0.4, 0.5) is 5.69 Å². The fourth-order valence-electron chi connectivity index (χ4n) is 2.66. The number of hydrogen-bond acceptors (Lipinski definition) is 6. The maximum atomic E-state index is 12.2. The van der Waals surface area contributed by atoms with Gasteiger partial charge in [0.1, 0.15) is 5.75 Å². The van der Waals surface area contributed by atoms with Crippen LogP contribution in [0.1, 0.15) is 43.2 Å². The summed E-state index contributed by atoms with van der Waals surface area (Å²) in [6.45, 7) is 6.54. The number of nitrogens with one attached hydrogen (secondary N) is 1. The molecule has 0 fully saturated rings. The molecule has 0 saturated carbocycles. The van der Waals surface area contributed by atoms with E-state index in [4.69, 9.17) is 9.15 Å². The zero-order valence-electron chi connectivity index (χ0n) is 16.8. The van der Waals surface area contributed by atoms with E-state index in [2.05, 4.69) is 41.5 Å².